The van der Waals surface area contributed by atoms with E-state index in [2.05, 4.69) is 24.9 Å². The molecule has 0 radical (unpaired) electrons. The molecule has 0 amide bonds. The Morgan fingerprint density at radius 3 is 2.77 bits per heavy atom. The Hall–Kier alpha value is -2.95. The summed E-state index contributed by atoms with van der Waals surface area (Å²) in [6.45, 7) is 2.90. The van der Waals surface area contributed by atoms with Gasteiger partial charge >= 0.3 is 0 Å². The maximum Gasteiger partial charge on any atom is 0.229 e. The molecule has 0 spiro atoms. The van der Waals surface area contributed by atoms with E-state index in [1.54, 1.807) is 6.07 Å². The van der Waals surface area contributed by atoms with Crippen molar-refractivity contribution in [3.8, 4) is 17.3 Å². The summed E-state index contributed by atoms with van der Waals surface area (Å²) in [6, 6.07) is 11.8. The van der Waals surface area contributed by atoms with Crippen LogP contribution in [-0.4, -0.2) is 57.5 Å². The standard InChI is InChI=1S/C24H23ClF2N6OS/c1-13-21-23(31-30-13)28-22(29-24(21)34-19-9-10-33(2)12-18(19)27)14-3-6-16(7-4-14)32-35-20-11-15(25)5-8-17(20)26/h3-8,11,18-19,32H,9-10,12H2,1-2H3,(H,28,29,30,31). The third-order valence-electron chi connectivity index (χ3n) is 5.83. The summed E-state index contributed by atoms with van der Waals surface area (Å²) >= 11 is 7.09. The molecule has 2 unspecified atom stereocenters. The zero-order chi connectivity index (χ0) is 24.5. The molecule has 1 fully saturated rings. The molecule has 5 rings (SSSR count). The number of nitrogens with zero attached hydrogens (tertiary/aromatic N) is 4. The molecule has 11 heteroatoms. The molecule has 2 aromatic carbocycles. The number of H-pyrrole nitrogens is 1. The summed E-state index contributed by atoms with van der Waals surface area (Å²) in [6.07, 6.45) is -1.12. The average molecular weight is 517 g/mol. The summed E-state index contributed by atoms with van der Waals surface area (Å²) in [5, 5.41) is 8.26. The number of fused-ring (bicyclic) bond motifs is 1. The van der Waals surface area contributed by atoms with E-state index >= 15 is 0 Å². The highest BCUT2D eigenvalue weighted by molar-refractivity contribution is 8.00. The number of aryl methyl sites for hydroxylation is 1. The zero-order valence-electron chi connectivity index (χ0n) is 19.1. The van der Waals surface area contributed by atoms with Gasteiger partial charge in [-0.3, -0.25) is 5.10 Å². The number of nitrogens with one attached hydrogen (secondary N) is 2. The predicted octanol–water partition coefficient (Wildman–Crippen LogP) is 5.66. The molecule has 2 N–H and O–H groups in total. The highest BCUT2D eigenvalue weighted by Gasteiger charge is 2.30. The van der Waals surface area contributed by atoms with Gasteiger partial charge in [-0.1, -0.05) is 11.6 Å². The van der Waals surface area contributed by atoms with Gasteiger partial charge in [-0.2, -0.15) is 10.1 Å². The van der Waals surface area contributed by atoms with Crippen molar-refractivity contribution < 1.29 is 13.5 Å². The van der Waals surface area contributed by atoms with Crippen molar-refractivity contribution in [2.24, 2.45) is 0 Å². The third kappa shape index (κ3) is 5.19. The number of hydrogen-bond donors (Lipinski definition) is 2. The highest BCUT2D eigenvalue weighted by Crippen LogP contribution is 2.32. The predicted molar refractivity (Wildman–Crippen MR) is 134 cm³/mol. The molecular formula is C24H23ClF2N6OS. The van der Waals surface area contributed by atoms with Gasteiger partial charge in [-0.25, -0.2) is 13.8 Å². The molecule has 0 saturated carbocycles. The van der Waals surface area contributed by atoms with Gasteiger partial charge in [0, 0.05) is 29.4 Å². The lowest BCUT2D eigenvalue weighted by atomic mass is 10.1. The van der Waals surface area contributed by atoms with E-state index in [4.69, 9.17) is 16.3 Å². The summed E-state index contributed by atoms with van der Waals surface area (Å²) in [4.78, 5) is 11.6. The monoisotopic (exact) mass is 516 g/mol. The number of anilines is 1. The van der Waals surface area contributed by atoms with Gasteiger partial charge in [-0.05, 0) is 74.8 Å². The number of benzene rings is 2. The molecule has 1 saturated heterocycles. The molecule has 7 nitrogen and oxygen atoms in total. The van der Waals surface area contributed by atoms with E-state index in [9.17, 15) is 8.78 Å². The number of piperidine rings is 1. The number of hydrogen-bond acceptors (Lipinski definition) is 7. The van der Waals surface area contributed by atoms with Crippen LogP contribution in [0.3, 0.4) is 0 Å². The number of rotatable bonds is 6. The average Bonchev–Trinajstić information content (AvgIpc) is 3.22. The van der Waals surface area contributed by atoms with Gasteiger partial charge in [0.1, 0.15) is 23.5 Å². The molecule has 0 bridgehead atoms. The number of aromatic amines is 1. The van der Waals surface area contributed by atoms with Crippen LogP contribution in [0, 0.1) is 12.7 Å². The van der Waals surface area contributed by atoms with Gasteiger partial charge in [-0.15, -0.1) is 0 Å². The zero-order valence-corrected chi connectivity index (χ0v) is 20.6. The largest absolute Gasteiger partial charge is 0.471 e. The molecule has 182 valence electrons. The molecule has 3 heterocycles. The summed E-state index contributed by atoms with van der Waals surface area (Å²) in [7, 11) is 1.90. The van der Waals surface area contributed by atoms with Crippen LogP contribution >= 0.6 is 23.5 Å². The van der Waals surface area contributed by atoms with Crippen molar-refractivity contribution in [1.29, 1.82) is 0 Å². The molecular weight excluding hydrogens is 494 g/mol. The SMILES string of the molecule is Cc1n[nH]c2nc(-c3ccc(NSc4cc(Cl)ccc4F)cc3)nc(OC3CCN(C)CC3F)c12. The molecule has 0 aliphatic carbocycles. The van der Waals surface area contributed by atoms with Gasteiger partial charge in [0.15, 0.2) is 11.5 Å². The first-order valence-electron chi connectivity index (χ1n) is 11.1. The Morgan fingerprint density at radius 2 is 2.00 bits per heavy atom. The van der Waals surface area contributed by atoms with E-state index in [-0.39, 0.29) is 5.82 Å². The first-order valence-corrected chi connectivity index (χ1v) is 12.3. The van der Waals surface area contributed by atoms with Crippen LogP contribution in [0.15, 0.2) is 47.4 Å². The minimum Gasteiger partial charge on any atom is -0.471 e. The highest BCUT2D eigenvalue weighted by atomic mass is 35.5. The van der Waals surface area contributed by atoms with Gasteiger partial charge in [0.25, 0.3) is 0 Å². The first kappa shape index (κ1) is 23.8. The van der Waals surface area contributed by atoms with Crippen molar-refractivity contribution in [2.45, 2.75) is 30.5 Å². The number of likely N-dealkylation sites (tertiary alicyclic amines) is 1. The van der Waals surface area contributed by atoms with Crippen LogP contribution in [0.1, 0.15) is 12.1 Å². The Kier molecular flexibility index (Phi) is 6.77. The summed E-state index contributed by atoms with van der Waals surface area (Å²) in [5.74, 6) is 0.398. The fraction of sp³-hybridized carbons (Fsp3) is 0.292. The number of ether oxygens (including phenoxy) is 1. The lowest BCUT2D eigenvalue weighted by Gasteiger charge is -2.32. The van der Waals surface area contributed by atoms with E-state index in [1.807, 2.05) is 43.1 Å². The van der Waals surface area contributed by atoms with Gasteiger partial charge in [0.05, 0.1) is 10.6 Å². The van der Waals surface area contributed by atoms with Crippen molar-refractivity contribution >= 4 is 40.3 Å². The number of aromatic nitrogens is 4. The van der Waals surface area contributed by atoms with Gasteiger partial charge < -0.3 is 14.4 Å². The Bertz CT molecular complexity index is 1350. The Morgan fingerprint density at radius 1 is 1.20 bits per heavy atom. The normalized spacial score (nSPS) is 18.7. The minimum absolute atomic E-state index is 0.321. The Labute approximate surface area is 210 Å². The van der Waals surface area contributed by atoms with Crippen LogP contribution in [0.2, 0.25) is 5.02 Å². The third-order valence-corrected chi connectivity index (χ3v) is 6.94. The van der Waals surface area contributed by atoms with Crippen LogP contribution in [0.4, 0.5) is 14.5 Å². The van der Waals surface area contributed by atoms with E-state index in [0.29, 0.717) is 51.3 Å². The molecule has 35 heavy (non-hydrogen) atoms. The minimum atomic E-state index is -1.11. The van der Waals surface area contributed by atoms with Crippen molar-refractivity contribution in [3.05, 3.63) is 59.0 Å². The second kappa shape index (κ2) is 9.96. The second-order valence-corrected chi connectivity index (χ2v) is 9.75. The van der Waals surface area contributed by atoms with Crippen LogP contribution < -0.4 is 9.46 Å². The lowest BCUT2D eigenvalue weighted by Crippen LogP contribution is -2.45. The molecule has 2 aromatic heterocycles. The maximum atomic E-state index is 14.6. The van der Waals surface area contributed by atoms with Crippen molar-refractivity contribution in [2.75, 3.05) is 24.9 Å². The van der Waals surface area contributed by atoms with E-state index in [0.717, 1.165) is 29.7 Å². The second-order valence-electron chi connectivity index (χ2n) is 8.46. The van der Waals surface area contributed by atoms with Crippen LogP contribution in [0.5, 0.6) is 5.88 Å². The molecule has 4 aromatic rings. The van der Waals surface area contributed by atoms with E-state index < -0.39 is 12.3 Å². The topological polar surface area (TPSA) is 79.0 Å². The van der Waals surface area contributed by atoms with Crippen LogP contribution in [0.25, 0.3) is 22.4 Å². The smallest absolute Gasteiger partial charge is 0.229 e. The molecule has 1 aliphatic heterocycles. The van der Waals surface area contributed by atoms with Crippen molar-refractivity contribution in [1.82, 2.24) is 25.1 Å². The lowest BCUT2D eigenvalue weighted by molar-refractivity contribution is 0.0296. The quantitative estimate of drug-likeness (QED) is 0.320. The maximum absolute atomic E-state index is 14.6. The molecule has 1 aliphatic rings. The number of alkyl halides is 1. The van der Waals surface area contributed by atoms with Crippen molar-refractivity contribution in [3.63, 3.8) is 0 Å². The van der Waals surface area contributed by atoms with E-state index in [1.165, 1.54) is 12.1 Å². The number of halogens is 3. The first-order chi connectivity index (χ1) is 16.9. The Balaban J connectivity index is 1.38. The summed E-state index contributed by atoms with van der Waals surface area (Å²) < 4.78 is 37.8. The van der Waals surface area contributed by atoms with Gasteiger partial charge in [0.2, 0.25) is 5.88 Å². The summed E-state index contributed by atoms with van der Waals surface area (Å²) in [5.41, 5.74) is 2.73. The van der Waals surface area contributed by atoms with Crippen LogP contribution in [-0.2, 0) is 0 Å². The molecule has 2 atom stereocenters. The fourth-order valence-electron chi connectivity index (χ4n) is 3.92. The fourth-order valence-corrected chi connectivity index (χ4v) is 4.87.